The van der Waals surface area contributed by atoms with Gasteiger partial charge in [0.1, 0.15) is 11.4 Å². The topological polar surface area (TPSA) is 117 Å². The molecule has 2 rings (SSSR count). The molecule has 0 heterocycles. The summed E-state index contributed by atoms with van der Waals surface area (Å²) in [6.45, 7) is 0.641. The second-order valence-corrected chi connectivity index (χ2v) is 7.48. The second-order valence-electron chi connectivity index (χ2n) is 7.48. The number of aliphatic carboxylic acids is 1. The maximum absolute atomic E-state index is 12.6. The van der Waals surface area contributed by atoms with E-state index in [4.69, 9.17) is 14.6 Å². The van der Waals surface area contributed by atoms with E-state index in [1.807, 2.05) is 25.1 Å². The highest BCUT2D eigenvalue weighted by molar-refractivity contribution is 5.84. The van der Waals surface area contributed by atoms with Gasteiger partial charge in [0, 0.05) is 12.5 Å². The average molecular weight is 395 g/mol. The number of carboxylic acid groups (broad SMARTS) is 1. The number of esters is 1. The van der Waals surface area contributed by atoms with Gasteiger partial charge in [-0.1, -0.05) is 18.6 Å². The van der Waals surface area contributed by atoms with Crippen molar-refractivity contribution in [3.63, 3.8) is 0 Å². The monoisotopic (exact) mass is 395 g/mol. The van der Waals surface area contributed by atoms with E-state index in [1.54, 1.807) is 25.3 Å². The van der Waals surface area contributed by atoms with Crippen LogP contribution in [0.15, 0.2) is 24.3 Å². The Bertz CT molecular complexity index is 693. The normalized spacial score (nSPS) is 24.4. The first-order valence-electron chi connectivity index (χ1n) is 9.32. The quantitative estimate of drug-likeness (QED) is 0.558. The molecular formula is C20H29NO7. The molecule has 1 aromatic rings. The number of rotatable bonds is 8. The van der Waals surface area contributed by atoms with Gasteiger partial charge in [0.2, 0.25) is 0 Å². The van der Waals surface area contributed by atoms with Crippen molar-refractivity contribution in [1.82, 2.24) is 4.90 Å². The van der Waals surface area contributed by atoms with Crippen molar-refractivity contribution in [3.05, 3.63) is 29.8 Å². The Labute approximate surface area is 164 Å². The molecule has 0 amide bonds. The number of carbonyl (C=O) groups excluding carboxylic acids is 1. The summed E-state index contributed by atoms with van der Waals surface area (Å²) in [5, 5.41) is 28.4. The molecule has 1 aromatic carbocycles. The molecule has 0 spiro atoms. The van der Waals surface area contributed by atoms with E-state index in [9.17, 15) is 19.8 Å². The number of benzene rings is 1. The second kappa shape index (κ2) is 9.36. The van der Waals surface area contributed by atoms with Crippen LogP contribution in [0.1, 0.15) is 31.2 Å². The molecule has 1 aliphatic rings. The van der Waals surface area contributed by atoms with Gasteiger partial charge in [0.05, 0.1) is 7.11 Å². The summed E-state index contributed by atoms with van der Waals surface area (Å²) >= 11 is 0. The molecule has 1 fully saturated rings. The van der Waals surface area contributed by atoms with Crippen LogP contribution < -0.4 is 4.74 Å². The summed E-state index contributed by atoms with van der Waals surface area (Å²) in [5.41, 5.74) is -0.323. The Morgan fingerprint density at radius 2 is 1.96 bits per heavy atom. The lowest BCUT2D eigenvalue weighted by Crippen LogP contribution is -2.50. The smallest absolute Gasteiger partial charge is 0.339 e. The average Bonchev–Trinajstić information content (AvgIpc) is 2.67. The molecule has 28 heavy (non-hydrogen) atoms. The maximum atomic E-state index is 12.6. The Balaban J connectivity index is 2.45. The molecule has 2 unspecified atom stereocenters. The van der Waals surface area contributed by atoms with E-state index in [1.165, 1.54) is 0 Å². The third-order valence-electron chi connectivity index (χ3n) is 5.23. The fourth-order valence-electron chi connectivity index (χ4n) is 3.86. The number of carbonyl (C=O) groups is 2. The van der Waals surface area contributed by atoms with Crippen LogP contribution in [-0.2, 0) is 19.9 Å². The first-order valence-corrected chi connectivity index (χ1v) is 9.32. The van der Waals surface area contributed by atoms with E-state index in [2.05, 4.69) is 0 Å². The van der Waals surface area contributed by atoms with Crippen LogP contribution in [0, 0.1) is 5.92 Å². The number of nitrogens with zero attached hydrogens (tertiary/aromatic N) is 1. The van der Waals surface area contributed by atoms with Gasteiger partial charge < -0.3 is 29.7 Å². The summed E-state index contributed by atoms with van der Waals surface area (Å²) in [6, 6.07) is 7.21. The number of methoxy groups -OCH3 is 1. The largest absolute Gasteiger partial charge is 0.497 e. The van der Waals surface area contributed by atoms with Crippen LogP contribution in [0.25, 0.3) is 0 Å². The van der Waals surface area contributed by atoms with Crippen molar-refractivity contribution in [2.75, 3.05) is 27.7 Å². The van der Waals surface area contributed by atoms with Gasteiger partial charge in [-0.25, -0.2) is 9.59 Å². The molecule has 3 N–H and O–H groups in total. The molecule has 1 aliphatic carbocycles. The van der Waals surface area contributed by atoms with Gasteiger partial charge >= 0.3 is 11.9 Å². The highest BCUT2D eigenvalue weighted by Gasteiger charge is 2.48. The van der Waals surface area contributed by atoms with Gasteiger partial charge in [-0.3, -0.25) is 0 Å². The number of hydrogen-bond acceptors (Lipinski definition) is 7. The molecule has 0 aliphatic heterocycles. The fraction of sp³-hybridized carbons (Fsp3) is 0.600. The summed E-state index contributed by atoms with van der Waals surface area (Å²) < 4.78 is 11.1. The van der Waals surface area contributed by atoms with Gasteiger partial charge in [-0.2, -0.15) is 0 Å². The zero-order chi connectivity index (χ0) is 20.9. The molecule has 4 atom stereocenters. The first-order chi connectivity index (χ1) is 13.2. The lowest BCUT2D eigenvalue weighted by atomic mass is 9.71. The predicted molar refractivity (Wildman–Crippen MR) is 101 cm³/mol. The minimum absolute atomic E-state index is 0.0681. The number of hydrogen-bond donors (Lipinski definition) is 3. The molecule has 0 saturated heterocycles. The molecule has 1 saturated carbocycles. The van der Waals surface area contributed by atoms with Crippen LogP contribution in [-0.4, -0.2) is 72.1 Å². The van der Waals surface area contributed by atoms with E-state index in [0.717, 1.165) is 24.8 Å². The van der Waals surface area contributed by atoms with Crippen LogP contribution >= 0.6 is 0 Å². The molecule has 8 nitrogen and oxygen atoms in total. The van der Waals surface area contributed by atoms with Gasteiger partial charge in [-0.05, 0) is 51.1 Å². The van der Waals surface area contributed by atoms with Crippen molar-refractivity contribution >= 4 is 11.9 Å². The molecule has 8 heteroatoms. The molecule has 0 radical (unpaired) electrons. The van der Waals surface area contributed by atoms with E-state index in [-0.39, 0.29) is 5.92 Å². The van der Waals surface area contributed by atoms with Gasteiger partial charge in [-0.15, -0.1) is 0 Å². The van der Waals surface area contributed by atoms with Crippen molar-refractivity contribution in [3.8, 4) is 5.75 Å². The highest BCUT2D eigenvalue weighted by Crippen LogP contribution is 2.46. The molecule has 156 valence electrons. The van der Waals surface area contributed by atoms with Crippen molar-refractivity contribution in [2.45, 2.75) is 43.5 Å². The summed E-state index contributed by atoms with van der Waals surface area (Å²) in [4.78, 5) is 25.5. The number of aliphatic hydroxyl groups excluding tert-OH is 2. The standard InChI is InChI=1S/C20H29NO7/c1-21(2)12-14-7-4-5-10-20(14,13-8-6-9-15(11-13)27-3)28-19(26)17(23)16(22)18(24)25/h6,8-9,11,14,16-17,22-23H,4-5,7,10,12H2,1-3H3,(H,24,25)/t14-,16?,17?,20+/m0/s1. The van der Waals surface area contributed by atoms with E-state index >= 15 is 0 Å². The molecule has 0 bridgehead atoms. The highest BCUT2D eigenvalue weighted by atomic mass is 16.6. The zero-order valence-electron chi connectivity index (χ0n) is 16.5. The number of carboxylic acids is 1. The summed E-state index contributed by atoms with van der Waals surface area (Å²) in [6.07, 6.45) is -1.29. The number of ether oxygens (including phenoxy) is 2. The van der Waals surface area contributed by atoms with Crippen LogP contribution in [0.5, 0.6) is 5.75 Å². The van der Waals surface area contributed by atoms with Crippen molar-refractivity contribution in [2.24, 2.45) is 5.92 Å². The fourth-order valence-corrected chi connectivity index (χ4v) is 3.86. The van der Waals surface area contributed by atoms with Crippen LogP contribution in [0.2, 0.25) is 0 Å². The predicted octanol–water partition coefficient (Wildman–Crippen LogP) is 0.992. The Hall–Kier alpha value is -2.16. The van der Waals surface area contributed by atoms with E-state index < -0.39 is 29.7 Å². The minimum atomic E-state index is -2.24. The SMILES string of the molecule is COc1cccc([C@]2(OC(=O)C(O)C(O)C(=O)O)CCCC[C@H]2CN(C)C)c1. The van der Waals surface area contributed by atoms with E-state index in [0.29, 0.717) is 18.7 Å². The Morgan fingerprint density at radius 3 is 2.57 bits per heavy atom. The van der Waals surface area contributed by atoms with Crippen LogP contribution in [0.4, 0.5) is 0 Å². The molecular weight excluding hydrogens is 366 g/mol. The summed E-state index contributed by atoms with van der Waals surface area (Å²) in [5.74, 6) is -2.30. The Morgan fingerprint density at radius 1 is 1.25 bits per heavy atom. The lowest BCUT2D eigenvalue weighted by molar-refractivity contribution is -0.192. The maximum Gasteiger partial charge on any atom is 0.339 e. The zero-order valence-corrected chi connectivity index (χ0v) is 16.5. The van der Waals surface area contributed by atoms with Crippen LogP contribution in [0.3, 0.4) is 0 Å². The Kier molecular flexibility index (Phi) is 7.40. The first kappa shape index (κ1) is 22.1. The summed E-state index contributed by atoms with van der Waals surface area (Å²) in [7, 11) is 5.40. The van der Waals surface area contributed by atoms with Crippen molar-refractivity contribution in [1.29, 1.82) is 0 Å². The number of aliphatic hydroxyl groups is 2. The van der Waals surface area contributed by atoms with Gasteiger partial charge in [0.25, 0.3) is 0 Å². The van der Waals surface area contributed by atoms with Crippen molar-refractivity contribution < 1.29 is 34.4 Å². The molecule has 0 aromatic heterocycles. The third-order valence-corrected chi connectivity index (χ3v) is 5.23. The van der Waals surface area contributed by atoms with Gasteiger partial charge in [0.15, 0.2) is 12.2 Å². The lowest BCUT2D eigenvalue weighted by Gasteiger charge is -2.45. The third kappa shape index (κ3) is 4.81. The minimum Gasteiger partial charge on any atom is -0.497 e.